The Kier molecular flexibility index (Phi) is 3.96. The number of allylic oxidation sites excluding steroid dienone is 1. The number of aromatic nitrogens is 1. The summed E-state index contributed by atoms with van der Waals surface area (Å²) in [4.78, 5) is 1.23. The van der Waals surface area contributed by atoms with Gasteiger partial charge in [0.2, 0.25) is 0 Å². The minimum atomic E-state index is 1.21. The maximum atomic E-state index is 4.02. The Morgan fingerprint density at radius 1 is 0.893 bits per heavy atom. The van der Waals surface area contributed by atoms with Gasteiger partial charge in [-0.3, -0.25) is 0 Å². The van der Waals surface area contributed by atoms with Crippen molar-refractivity contribution in [3.63, 3.8) is 0 Å². The number of thiophene rings is 1. The third-order valence-corrected chi connectivity index (χ3v) is 6.49. The topological polar surface area (TPSA) is 4.93 Å². The van der Waals surface area contributed by atoms with Crippen LogP contribution in [0.1, 0.15) is 22.9 Å². The largest absolute Gasteiger partial charge is 0.309 e. The predicted molar refractivity (Wildman–Crippen MR) is 126 cm³/mol. The second kappa shape index (κ2) is 6.50. The van der Waals surface area contributed by atoms with Crippen LogP contribution < -0.4 is 0 Å². The van der Waals surface area contributed by atoms with E-state index >= 15 is 0 Å². The van der Waals surface area contributed by atoms with Crippen LogP contribution in [-0.2, 0) is 0 Å². The van der Waals surface area contributed by atoms with E-state index < -0.39 is 0 Å². The summed E-state index contributed by atoms with van der Waals surface area (Å²) >= 11 is 1.82. The molecule has 0 saturated heterocycles. The lowest BCUT2D eigenvalue weighted by Gasteiger charge is -2.09. The quantitative estimate of drug-likeness (QED) is 0.299. The molecule has 2 aromatic heterocycles. The molecular weight excluding hydrogens is 358 g/mol. The molecule has 2 heteroatoms. The molecule has 0 bridgehead atoms. The molecule has 0 N–H and O–H groups in total. The molecule has 136 valence electrons. The normalized spacial score (nSPS) is 11.9. The van der Waals surface area contributed by atoms with Crippen molar-refractivity contribution in [2.24, 2.45) is 0 Å². The van der Waals surface area contributed by atoms with E-state index in [1.54, 1.807) is 0 Å². The van der Waals surface area contributed by atoms with Crippen LogP contribution in [-0.4, -0.2) is 4.57 Å². The number of para-hydroxylation sites is 1. The zero-order valence-electron chi connectivity index (χ0n) is 16.1. The molecule has 5 aromatic rings. The highest BCUT2D eigenvalue weighted by molar-refractivity contribution is 7.20. The van der Waals surface area contributed by atoms with Crippen LogP contribution in [0.4, 0.5) is 0 Å². The van der Waals surface area contributed by atoms with E-state index in [0.29, 0.717) is 0 Å². The fourth-order valence-corrected chi connectivity index (χ4v) is 5.20. The number of hydrogen-bond acceptors (Lipinski definition) is 1. The highest BCUT2D eigenvalue weighted by atomic mass is 32.1. The van der Waals surface area contributed by atoms with Gasteiger partial charge in [0, 0.05) is 37.0 Å². The zero-order chi connectivity index (χ0) is 19.3. The van der Waals surface area contributed by atoms with E-state index in [-0.39, 0.29) is 0 Å². The van der Waals surface area contributed by atoms with Crippen molar-refractivity contribution in [2.75, 3.05) is 0 Å². The van der Waals surface area contributed by atoms with Crippen molar-refractivity contribution in [3.8, 4) is 5.69 Å². The molecule has 0 atom stereocenters. The Morgan fingerprint density at radius 3 is 2.54 bits per heavy atom. The first-order valence-electron chi connectivity index (χ1n) is 9.53. The van der Waals surface area contributed by atoms with Gasteiger partial charge in [-0.25, -0.2) is 0 Å². The van der Waals surface area contributed by atoms with Crippen LogP contribution in [0.15, 0.2) is 73.3 Å². The summed E-state index contributed by atoms with van der Waals surface area (Å²) in [5.41, 5.74) is 6.23. The molecule has 0 aliphatic carbocycles. The van der Waals surface area contributed by atoms with Gasteiger partial charge in [-0.1, -0.05) is 55.1 Å². The Bertz CT molecular complexity index is 1390. The maximum absolute atomic E-state index is 4.02. The van der Waals surface area contributed by atoms with Crippen molar-refractivity contribution in [1.82, 2.24) is 4.57 Å². The molecule has 0 radical (unpaired) electrons. The lowest BCUT2D eigenvalue weighted by molar-refractivity contribution is 1.17. The summed E-state index contributed by atoms with van der Waals surface area (Å²) in [6, 6.07) is 22.1. The Morgan fingerprint density at radius 2 is 1.75 bits per heavy atom. The minimum absolute atomic E-state index is 1.21. The third kappa shape index (κ3) is 2.45. The number of nitrogens with zero attached hydrogens (tertiary/aromatic N) is 1. The minimum Gasteiger partial charge on any atom is -0.309 e. The maximum Gasteiger partial charge on any atom is 0.0548 e. The number of benzene rings is 3. The van der Waals surface area contributed by atoms with E-state index in [2.05, 4.69) is 97.8 Å². The summed E-state index contributed by atoms with van der Waals surface area (Å²) in [5, 5.41) is 3.89. The first-order chi connectivity index (χ1) is 13.7. The van der Waals surface area contributed by atoms with Gasteiger partial charge in [-0.2, -0.15) is 0 Å². The SMILES string of the molecule is C=Cc1sc2cc3c4ccccc4n(-c4cccc(C)c4)c3cc2c1/C=C\C. The van der Waals surface area contributed by atoms with Gasteiger partial charge in [0.1, 0.15) is 0 Å². The summed E-state index contributed by atoms with van der Waals surface area (Å²) in [6.07, 6.45) is 6.27. The molecule has 2 heterocycles. The predicted octanol–water partition coefficient (Wildman–Crippen LogP) is 7.98. The smallest absolute Gasteiger partial charge is 0.0548 e. The van der Waals surface area contributed by atoms with Gasteiger partial charge >= 0.3 is 0 Å². The zero-order valence-corrected chi connectivity index (χ0v) is 16.9. The van der Waals surface area contributed by atoms with E-state index in [0.717, 1.165) is 0 Å². The number of fused-ring (bicyclic) bond motifs is 4. The molecule has 3 aromatic carbocycles. The number of aryl methyl sites for hydroxylation is 1. The van der Waals surface area contributed by atoms with Gasteiger partial charge in [0.25, 0.3) is 0 Å². The molecule has 0 aliphatic heterocycles. The average molecular weight is 380 g/mol. The molecule has 0 fully saturated rings. The fraction of sp³-hybridized carbons (Fsp3) is 0.0769. The number of hydrogen-bond donors (Lipinski definition) is 0. The van der Waals surface area contributed by atoms with Gasteiger partial charge < -0.3 is 4.57 Å². The van der Waals surface area contributed by atoms with E-state index in [1.807, 2.05) is 17.4 Å². The third-order valence-electron chi connectivity index (χ3n) is 5.33. The molecular formula is C26H21NS. The second-order valence-electron chi connectivity index (χ2n) is 7.14. The number of rotatable bonds is 3. The Hall–Kier alpha value is -3.10. The second-order valence-corrected chi connectivity index (χ2v) is 8.22. The lowest BCUT2D eigenvalue weighted by Crippen LogP contribution is -1.94. The summed E-state index contributed by atoms with van der Waals surface area (Å²) in [5.74, 6) is 0. The fourth-order valence-electron chi connectivity index (χ4n) is 4.13. The van der Waals surface area contributed by atoms with Gasteiger partial charge in [0.15, 0.2) is 0 Å². The summed E-state index contributed by atoms with van der Waals surface area (Å²) in [7, 11) is 0. The monoisotopic (exact) mass is 379 g/mol. The van der Waals surface area contributed by atoms with Crippen LogP contribution in [0, 0.1) is 6.92 Å². The molecule has 0 amide bonds. The standard InChI is InChI=1S/C26H21NS/c1-4-9-20-22-15-24-21(16-26(22)28-25(20)5-2)19-12-6-7-13-23(19)27(24)18-11-8-10-17(3)14-18/h4-16H,2H2,1,3H3/b9-4-. The van der Waals surface area contributed by atoms with E-state index in [9.17, 15) is 0 Å². The summed E-state index contributed by atoms with van der Waals surface area (Å²) < 4.78 is 3.70. The van der Waals surface area contributed by atoms with Crippen LogP contribution in [0.3, 0.4) is 0 Å². The highest BCUT2D eigenvalue weighted by Crippen LogP contribution is 2.40. The summed E-state index contributed by atoms with van der Waals surface area (Å²) in [6.45, 7) is 8.24. The first-order valence-corrected chi connectivity index (χ1v) is 10.3. The van der Waals surface area contributed by atoms with Crippen molar-refractivity contribution in [1.29, 1.82) is 0 Å². The van der Waals surface area contributed by atoms with Crippen LogP contribution >= 0.6 is 11.3 Å². The van der Waals surface area contributed by atoms with Crippen molar-refractivity contribution in [3.05, 3.63) is 89.3 Å². The van der Waals surface area contributed by atoms with Crippen LogP contribution in [0.5, 0.6) is 0 Å². The molecule has 0 aliphatic rings. The Labute approximate surface area is 168 Å². The van der Waals surface area contributed by atoms with Crippen molar-refractivity contribution in [2.45, 2.75) is 13.8 Å². The molecule has 1 nitrogen and oxygen atoms in total. The molecule has 0 unspecified atom stereocenters. The van der Waals surface area contributed by atoms with Gasteiger partial charge in [-0.05, 0) is 49.7 Å². The lowest BCUT2D eigenvalue weighted by atomic mass is 10.1. The first kappa shape index (κ1) is 17.0. The van der Waals surface area contributed by atoms with Gasteiger partial charge in [0.05, 0.1) is 11.0 Å². The highest BCUT2D eigenvalue weighted by Gasteiger charge is 2.16. The van der Waals surface area contributed by atoms with Crippen LogP contribution in [0.25, 0.3) is 49.7 Å². The molecule has 5 rings (SSSR count). The molecule has 0 spiro atoms. The van der Waals surface area contributed by atoms with E-state index in [1.165, 1.54) is 53.6 Å². The molecule has 0 saturated carbocycles. The average Bonchev–Trinajstić information content (AvgIpc) is 3.21. The van der Waals surface area contributed by atoms with Gasteiger partial charge in [-0.15, -0.1) is 11.3 Å². The van der Waals surface area contributed by atoms with Crippen LogP contribution in [0.2, 0.25) is 0 Å². The Balaban J connectivity index is 1.98. The van der Waals surface area contributed by atoms with E-state index in [4.69, 9.17) is 0 Å². The van der Waals surface area contributed by atoms with Crippen molar-refractivity contribution >= 4 is 55.4 Å². The van der Waals surface area contributed by atoms with Crippen molar-refractivity contribution < 1.29 is 0 Å². The molecule has 28 heavy (non-hydrogen) atoms.